The summed E-state index contributed by atoms with van der Waals surface area (Å²) in [5.41, 5.74) is 1.43. The number of carbonyl (C=O) groups excluding carboxylic acids is 1. The zero-order chi connectivity index (χ0) is 16.9. The van der Waals surface area contributed by atoms with Gasteiger partial charge in [-0.05, 0) is 36.4 Å². The molecule has 0 spiro atoms. The second-order valence-electron chi connectivity index (χ2n) is 4.76. The van der Waals surface area contributed by atoms with Crippen LogP contribution in [-0.2, 0) is 4.79 Å². The third-order valence-corrected chi connectivity index (χ3v) is 4.24. The number of benzene rings is 1. The fourth-order valence-corrected chi connectivity index (χ4v) is 2.71. The van der Waals surface area contributed by atoms with Crippen molar-refractivity contribution in [3.63, 3.8) is 0 Å². The number of pyridine rings is 1. The van der Waals surface area contributed by atoms with Gasteiger partial charge in [0, 0.05) is 28.7 Å². The minimum absolute atomic E-state index is 0.158. The Kier molecular flexibility index (Phi) is 4.97. The molecular weight excluding hydrogens is 348 g/mol. The van der Waals surface area contributed by atoms with Crippen molar-refractivity contribution in [1.82, 2.24) is 19.9 Å². The number of nitrogens with one attached hydrogen (secondary N) is 1. The number of carbonyl (C=O) groups is 1. The summed E-state index contributed by atoms with van der Waals surface area (Å²) in [5, 5.41) is 11.9. The molecular formula is C15H13ClN6OS. The Bertz CT molecular complexity index is 837. The molecule has 7 nitrogen and oxygen atoms in total. The average molecular weight is 361 g/mol. The van der Waals surface area contributed by atoms with Crippen molar-refractivity contribution in [1.29, 1.82) is 0 Å². The van der Waals surface area contributed by atoms with Crippen LogP contribution >= 0.6 is 23.4 Å². The van der Waals surface area contributed by atoms with E-state index in [1.54, 1.807) is 42.7 Å². The Hall–Kier alpha value is -2.58. The van der Waals surface area contributed by atoms with E-state index in [0.717, 1.165) is 5.56 Å². The van der Waals surface area contributed by atoms with E-state index in [1.165, 1.54) is 16.4 Å². The summed E-state index contributed by atoms with van der Waals surface area (Å²) in [5.74, 6) is 6.46. The van der Waals surface area contributed by atoms with Crippen LogP contribution in [0.25, 0.3) is 11.4 Å². The molecule has 0 fully saturated rings. The third-order valence-electron chi connectivity index (χ3n) is 3.04. The molecule has 3 rings (SSSR count). The maximum Gasteiger partial charge on any atom is 0.234 e. The average Bonchev–Trinajstić information content (AvgIpc) is 2.97. The van der Waals surface area contributed by atoms with Gasteiger partial charge in [0.1, 0.15) is 0 Å². The molecule has 0 aliphatic rings. The van der Waals surface area contributed by atoms with E-state index in [1.807, 2.05) is 6.07 Å². The van der Waals surface area contributed by atoms with Crippen molar-refractivity contribution in [2.75, 3.05) is 16.9 Å². The van der Waals surface area contributed by atoms with E-state index in [2.05, 4.69) is 20.5 Å². The first kappa shape index (κ1) is 16.3. The Morgan fingerprint density at radius 1 is 1.25 bits per heavy atom. The van der Waals surface area contributed by atoms with Crippen LogP contribution in [0.1, 0.15) is 0 Å². The van der Waals surface area contributed by atoms with Crippen molar-refractivity contribution in [3.05, 3.63) is 53.8 Å². The highest BCUT2D eigenvalue weighted by atomic mass is 35.5. The lowest BCUT2D eigenvalue weighted by Crippen LogP contribution is -2.16. The third kappa shape index (κ3) is 3.84. The summed E-state index contributed by atoms with van der Waals surface area (Å²) >= 11 is 7.01. The van der Waals surface area contributed by atoms with Crippen LogP contribution in [0.15, 0.2) is 53.9 Å². The first-order valence-corrected chi connectivity index (χ1v) is 8.29. The smallest absolute Gasteiger partial charge is 0.234 e. The van der Waals surface area contributed by atoms with E-state index >= 15 is 0 Å². The van der Waals surface area contributed by atoms with Gasteiger partial charge in [-0.2, -0.15) is 0 Å². The van der Waals surface area contributed by atoms with Gasteiger partial charge in [-0.3, -0.25) is 9.78 Å². The number of nitrogens with two attached hydrogens (primary N) is 1. The molecule has 0 saturated heterocycles. The molecule has 2 heterocycles. The van der Waals surface area contributed by atoms with Crippen LogP contribution in [0.4, 0.5) is 5.69 Å². The quantitative estimate of drug-likeness (QED) is 0.535. The Balaban J connectivity index is 1.62. The summed E-state index contributed by atoms with van der Waals surface area (Å²) in [7, 11) is 0. The van der Waals surface area contributed by atoms with Crippen molar-refractivity contribution >= 4 is 35.0 Å². The molecule has 1 amide bonds. The van der Waals surface area contributed by atoms with Crippen LogP contribution in [0, 0.1) is 0 Å². The number of amides is 1. The Morgan fingerprint density at radius 2 is 2.04 bits per heavy atom. The summed E-state index contributed by atoms with van der Waals surface area (Å²) in [6.07, 6.45) is 3.31. The minimum atomic E-state index is -0.173. The normalized spacial score (nSPS) is 10.5. The minimum Gasteiger partial charge on any atom is -0.335 e. The second kappa shape index (κ2) is 7.33. The predicted octanol–water partition coefficient (Wildman–Crippen LogP) is 2.44. The summed E-state index contributed by atoms with van der Waals surface area (Å²) in [6.45, 7) is 0. The number of nitrogens with zero attached hydrogens (tertiary/aromatic N) is 4. The van der Waals surface area contributed by atoms with E-state index in [0.29, 0.717) is 21.7 Å². The molecule has 0 aliphatic carbocycles. The standard InChI is InChI=1S/C15H13ClN6OS/c16-11-3-5-12(6-4-11)19-13(23)9-24-15-21-20-14(22(15)17)10-2-1-7-18-8-10/h1-8H,9,17H2,(H,19,23). The maximum absolute atomic E-state index is 12.0. The zero-order valence-electron chi connectivity index (χ0n) is 12.4. The van der Waals surface area contributed by atoms with Crippen molar-refractivity contribution < 1.29 is 4.79 Å². The van der Waals surface area contributed by atoms with Crippen LogP contribution in [0.2, 0.25) is 5.02 Å². The molecule has 9 heteroatoms. The van der Waals surface area contributed by atoms with Crippen LogP contribution in [-0.4, -0.2) is 31.5 Å². The highest BCUT2D eigenvalue weighted by molar-refractivity contribution is 7.99. The van der Waals surface area contributed by atoms with Gasteiger partial charge in [0.25, 0.3) is 0 Å². The Labute approximate surface area is 147 Å². The van der Waals surface area contributed by atoms with Gasteiger partial charge in [0.15, 0.2) is 5.82 Å². The van der Waals surface area contributed by atoms with Crippen molar-refractivity contribution in [2.24, 2.45) is 0 Å². The molecule has 2 aromatic heterocycles. The number of halogens is 1. The van der Waals surface area contributed by atoms with Gasteiger partial charge in [0.2, 0.25) is 11.1 Å². The van der Waals surface area contributed by atoms with E-state index in [4.69, 9.17) is 17.4 Å². The monoisotopic (exact) mass is 360 g/mol. The lowest BCUT2D eigenvalue weighted by Gasteiger charge is -2.05. The van der Waals surface area contributed by atoms with Gasteiger partial charge in [-0.15, -0.1) is 10.2 Å². The van der Waals surface area contributed by atoms with Gasteiger partial charge >= 0.3 is 0 Å². The lowest BCUT2D eigenvalue weighted by atomic mass is 10.3. The molecule has 0 bridgehead atoms. The molecule has 122 valence electrons. The van der Waals surface area contributed by atoms with Crippen molar-refractivity contribution in [2.45, 2.75) is 5.16 Å². The highest BCUT2D eigenvalue weighted by Crippen LogP contribution is 2.21. The van der Waals surface area contributed by atoms with E-state index < -0.39 is 0 Å². The molecule has 0 saturated carbocycles. The van der Waals surface area contributed by atoms with Crippen LogP contribution in [0.3, 0.4) is 0 Å². The van der Waals surface area contributed by atoms with Gasteiger partial charge in [0.05, 0.1) is 5.75 Å². The number of thioether (sulfide) groups is 1. The number of aromatic nitrogens is 4. The Morgan fingerprint density at radius 3 is 2.75 bits per heavy atom. The molecule has 0 atom stereocenters. The molecule has 3 aromatic rings. The summed E-state index contributed by atoms with van der Waals surface area (Å²) in [4.78, 5) is 16.0. The molecule has 24 heavy (non-hydrogen) atoms. The summed E-state index contributed by atoms with van der Waals surface area (Å²) < 4.78 is 1.34. The van der Waals surface area contributed by atoms with Gasteiger partial charge < -0.3 is 11.2 Å². The largest absolute Gasteiger partial charge is 0.335 e. The SMILES string of the molecule is Nn1c(SCC(=O)Nc2ccc(Cl)cc2)nnc1-c1cccnc1. The van der Waals surface area contributed by atoms with Gasteiger partial charge in [-0.1, -0.05) is 23.4 Å². The molecule has 0 unspecified atom stereocenters. The first-order valence-electron chi connectivity index (χ1n) is 6.92. The van der Waals surface area contributed by atoms with E-state index in [9.17, 15) is 4.79 Å². The van der Waals surface area contributed by atoms with Crippen LogP contribution in [0.5, 0.6) is 0 Å². The number of nitrogen functional groups attached to an aromatic ring is 1. The molecule has 0 radical (unpaired) electrons. The van der Waals surface area contributed by atoms with Crippen molar-refractivity contribution in [3.8, 4) is 11.4 Å². The van der Waals surface area contributed by atoms with E-state index in [-0.39, 0.29) is 11.7 Å². The topological polar surface area (TPSA) is 98.7 Å². The van der Waals surface area contributed by atoms with Gasteiger partial charge in [-0.25, -0.2) is 4.68 Å². The predicted molar refractivity (Wildman–Crippen MR) is 94.2 cm³/mol. The molecule has 3 N–H and O–H groups in total. The maximum atomic E-state index is 12.0. The highest BCUT2D eigenvalue weighted by Gasteiger charge is 2.13. The number of rotatable bonds is 5. The fourth-order valence-electron chi connectivity index (χ4n) is 1.93. The molecule has 0 aliphatic heterocycles. The first-order chi connectivity index (χ1) is 11.6. The summed E-state index contributed by atoms with van der Waals surface area (Å²) in [6, 6.07) is 10.5. The number of hydrogen-bond donors (Lipinski definition) is 2. The fraction of sp³-hybridized carbons (Fsp3) is 0.0667. The molecule has 1 aromatic carbocycles. The zero-order valence-corrected chi connectivity index (χ0v) is 14.0. The van der Waals surface area contributed by atoms with Crippen LogP contribution < -0.4 is 11.2 Å². The number of hydrogen-bond acceptors (Lipinski definition) is 6. The lowest BCUT2D eigenvalue weighted by molar-refractivity contribution is -0.113. The second-order valence-corrected chi connectivity index (χ2v) is 6.14. The number of anilines is 1.